The maximum absolute atomic E-state index is 2.43. The Balaban J connectivity index is 2.38. The SMILES string of the molecule is CC[C@H]1CN(C)C[C@@H]1C. The molecule has 0 aliphatic carbocycles. The summed E-state index contributed by atoms with van der Waals surface area (Å²) >= 11 is 0. The summed E-state index contributed by atoms with van der Waals surface area (Å²) in [5.74, 6) is 1.90. The van der Waals surface area contributed by atoms with E-state index in [1.54, 1.807) is 0 Å². The first kappa shape index (κ1) is 7.07. The first-order valence-corrected chi connectivity index (χ1v) is 3.92. The number of likely N-dealkylation sites (tertiary alicyclic amines) is 1. The van der Waals surface area contributed by atoms with Crippen molar-refractivity contribution in [2.24, 2.45) is 11.8 Å². The molecule has 1 fully saturated rings. The Morgan fingerprint density at radius 2 is 2.11 bits per heavy atom. The molecule has 0 saturated carbocycles. The minimum Gasteiger partial charge on any atom is -0.306 e. The topological polar surface area (TPSA) is 3.24 Å². The van der Waals surface area contributed by atoms with Crippen LogP contribution < -0.4 is 0 Å². The van der Waals surface area contributed by atoms with Crippen LogP contribution in [0.2, 0.25) is 0 Å². The van der Waals surface area contributed by atoms with Crippen molar-refractivity contribution in [3.8, 4) is 0 Å². The summed E-state index contributed by atoms with van der Waals surface area (Å²) in [6.45, 7) is 7.27. The molecule has 2 atom stereocenters. The number of rotatable bonds is 1. The molecule has 0 aromatic heterocycles. The fourth-order valence-electron chi connectivity index (χ4n) is 1.83. The zero-order valence-corrected chi connectivity index (χ0v) is 6.72. The highest BCUT2D eigenvalue weighted by molar-refractivity contribution is 4.77. The van der Waals surface area contributed by atoms with Crippen LogP contribution >= 0.6 is 0 Å². The van der Waals surface area contributed by atoms with E-state index < -0.39 is 0 Å². The lowest BCUT2D eigenvalue weighted by Gasteiger charge is -2.09. The van der Waals surface area contributed by atoms with E-state index in [-0.39, 0.29) is 0 Å². The summed E-state index contributed by atoms with van der Waals surface area (Å²) in [5, 5.41) is 0. The van der Waals surface area contributed by atoms with Gasteiger partial charge in [-0.05, 0) is 18.9 Å². The second-order valence-electron chi connectivity index (χ2n) is 3.37. The second kappa shape index (κ2) is 2.70. The lowest BCUT2D eigenvalue weighted by Crippen LogP contribution is -2.13. The molecule has 0 spiro atoms. The van der Waals surface area contributed by atoms with E-state index in [1.165, 1.54) is 19.5 Å². The Labute approximate surface area is 58.0 Å². The highest BCUT2D eigenvalue weighted by atomic mass is 15.1. The summed E-state index contributed by atoms with van der Waals surface area (Å²) in [4.78, 5) is 2.43. The molecule has 0 N–H and O–H groups in total. The maximum Gasteiger partial charge on any atom is 0.000965 e. The Kier molecular flexibility index (Phi) is 2.12. The third-order valence-corrected chi connectivity index (χ3v) is 2.47. The van der Waals surface area contributed by atoms with Crippen molar-refractivity contribution in [2.45, 2.75) is 20.3 Å². The predicted molar refractivity (Wildman–Crippen MR) is 40.4 cm³/mol. The standard InChI is InChI=1S/C8H17N/c1-4-8-6-9(3)5-7(8)2/h7-8H,4-6H2,1-3H3/t7-,8-/m0/s1. The van der Waals surface area contributed by atoms with Crippen molar-refractivity contribution < 1.29 is 0 Å². The van der Waals surface area contributed by atoms with E-state index in [1.807, 2.05) is 0 Å². The van der Waals surface area contributed by atoms with Crippen molar-refractivity contribution in [2.75, 3.05) is 20.1 Å². The van der Waals surface area contributed by atoms with Crippen molar-refractivity contribution in [3.05, 3.63) is 0 Å². The van der Waals surface area contributed by atoms with Gasteiger partial charge in [0.2, 0.25) is 0 Å². The molecular weight excluding hydrogens is 110 g/mol. The van der Waals surface area contributed by atoms with Crippen LogP contribution in [-0.2, 0) is 0 Å². The quantitative estimate of drug-likeness (QED) is 0.517. The zero-order valence-electron chi connectivity index (χ0n) is 6.72. The highest BCUT2D eigenvalue weighted by Gasteiger charge is 2.24. The summed E-state index contributed by atoms with van der Waals surface area (Å²) in [6.07, 6.45) is 1.35. The van der Waals surface area contributed by atoms with Gasteiger partial charge >= 0.3 is 0 Å². The van der Waals surface area contributed by atoms with E-state index in [4.69, 9.17) is 0 Å². The van der Waals surface area contributed by atoms with Crippen LogP contribution in [-0.4, -0.2) is 25.0 Å². The van der Waals surface area contributed by atoms with Crippen molar-refractivity contribution >= 4 is 0 Å². The molecular formula is C8H17N. The number of hydrogen-bond acceptors (Lipinski definition) is 1. The van der Waals surface area contributed by atoms with Gasteiger partial charge in [-0.2, -0.15) is 0 Å². The van der Waals surface area contributed by atoms with Crippen molar-refractivity contribution in [1.82, 2.24) is 4.90 Å². The van der Waals surface area contributed by atoms with Crippen LogP contribution in [0, 0.1) is 11.8 Å². The van der Waals surface area contributed by atoms with E-state index in [0.29, 0.717) is 0 Å². The lowest BCUT2D eigenvalue weighted by molar-refractivity contribution is 0.392. The van der Waals surface area contributed by atoms with Gasteiger partial charge in [-0.15, -0.1) is 0 Å². The molecule has 0 bridgehead atoms. The molecule has 1 aliphatic heterocycles. The van der Waals surface area contributed by atoms with Gasteiger partial charge < -0.3 is 4.90 Å². The maximum atomic E-state index is 2.43. The molecule has 1 heteroatoms. The van der Waals surface area contributed by atoms with E-state index in [9.17, 15) is 0 Å². The smallest absolute Gasteiger partial charge is 0.000965 e. The van der Waals surface area contributed by atoms with Gasteiger partial charge in [0.15, 0.2) is 0 Å². The van der Waals surface area contributed by atoms with Crippen LogP contribution in [0.25, 0.3) is 0 Å². The average molecular weight is 127 g/mol. The van der Waals surface area contributed by atoms with Crippen LogP contribution in [0.5, 0.6) is 0 Å². The number of nitrogens with zero attached hydrogens (tertiary/aromatic N) is 1. The Morgan fingerprint density at radius 3 is 2.33 bits per heavy atom. The highest BCUT2D eigenvalue weighted by Crippen LogP contribution is 2.23. The molecule has 1 heterocycles. The third-order valence-electron chi connectivity index (χ3n) is 2.47. The third kappa shape index (κ3) is 1.45. The van der Waals surface area contributed by atoms with Gasteiger partial charge in [0.25, 0.3) is 0 Å². The van der Waals surface area contributed by atoms with Gasteiger partial charge in [-0.3, -0.25) is 0 Å². The van der Waals surface area contributed by atoms with E-state index >= 15 is 0 Å². The average Bonchev–Trinajstić information content (AvgIpc) is 2.10. The summed E-state index contributed by atoms with van der Waals surface area (Å²) in [6, 6.07) is 0. The van der Waals surface area contributed by atoms with Crippen LogP contribution in [0.4, 0.5) is 0 Å². The zero-order chi connectivity index (χ0) is 6.85. The lowest BCUT2D eigenvalue weighted by atomic mass is 9.96. The molecule has 0 radical (unpaired) electrons. The van der Waals surface area contributed by atoms with Crippen LogP contribution in [0.15, 0.2) is 0 Å². The van der Waals surface area contributed by atoms with Crippen LogP contribution in [0.1, 0.15) is 20.3 Å². The Bertz CT molecular complexity index is 90.6. The summed E-state index contributed by atoms with van der Waals surface area (Å²) < 4.78 is 0. The Morgan fingerprint density at radius 1 is 1.44 bits per heavy atom. The van der Waals surface area contributed by atoms with Gasteiger partial charge in [0.05, 0.1) is 0 Å². The van der Waals surface area contributed by atoms with Crippen LogP contribution in [0.3, 0.4) is 0 Å². The van der Waals surface area contributed by atoms with E-state index in [0.717, 1.165) is 11.8 Å². The largest absolute Gasteiger partial charge is 0.306 e. The minimum atomic E-state index is 0.931. The fraction of sp³-hybridized carbons (Fsp3) is 1.00. The molecule has 1 saturated heterocycles. The molecule has 54 valence electrons. The van der Waals surface area contributed by atoms with Gasteiger partial charge in [0.1, 0.15) is 0 Å². The second-order valence-corrected chi connectivity index (χ2v) is 3.37. The van der Waals surface area contributed by atoms with Gasteiger partial charge in [0, 0.05) is 13.1 Å². The van der Waals surface area contributed by atoms with E-state index in [2.05, 4.69) is 25.8 Å². The van der Waals surface area contributed by atoms with Gasteiger partial charge in [-0.1, -0.05) is 20.3 Å². The van der Waals surface area contributed by atoms with Crippen molar-refractivity contribution in [1.29, 1.82) is 0 Å². The molecule has 1 rings (SSSR count). The summed E-state index contributed by atoms with van der Waals surface area (Å²) in [5.41, 5.74) is 0. The predicted octanol–water partition coefficient (Wildman–Crippen LogP) is 1.59. The monoisotopic (exact) mass is 127 g/mol. The molecule has 0 amide bonds. The Hall–Kier alpha value is -0.0400. The fourth-order valence-corrected chi connectivity index (χ4v) is 1.83. The molecule has 9 heavy (non-hydrogen) atoms. The first-order valence-electron chi connectivity index (χ1n) is 3.92. The molecule has 0 aromatic carbocycles. The molecule has 1 nitrogen and oxygen atoms in total. The molecule has 1 aliphatic rings. The van der Waals surface area contributed by atoms with Crippen molar-refractivity contribution in [3.63, 3.8) is 0 Å². The normalized spacial score (nSPS) is 37.7. The first-order chi connectivity index (χ1) is 4.24. The number of hydrogen-bond donors (Lipinski definition) is 0. The minimum absolute atomic E-state index is 0.931. The van der Waals surface area contributed by atoms with Gasteiger partial charge in [-0.25, -0.2) is 0 Å². The summed E-state index contributed by atoms with van der Waals surface area (Å²) in [7, 11) is 2.21. The molecule has 0 aromatic rings. The molecule has 0 unspecified atom stereocenters.